The van der Waals surface area contributed by atoms with Crippen molar-refractivity contribution in [1.29, 1.82) is 0 Å². The van der Waals surface area contributed by atoms with E-state index < -0.39 is 12.0 Å². The summed E-state index contributed by atoms with van der Waals surface area (Å²) in [5.74, 6) is -0.679. The number of amides is 1. The van der Waals surface area contributed by atoms with Gasteiger partial charge in [0.2, 0.25) is 5.91 Å². The van der Waals surface area contributed by atoms with Crippen LogP contribution in [0, 0.1) is 0 Å². The molecule has 2 unspecified atom stereocenters. The first-order valence-corrected chi connectivity index (χ1v) is 6.30. The molecule has 1 aliphatic rings. The summed E-state index contributed by atoms with van der Waals surface area (Å²) in [6.45, 7) is 3.36. The van der Waals surface area contributed by atoms with Crippen LogP contribution >= 0.6 is 0 Å². The van der Waals surface area contributed by atoms with Crippen LogP contribution in [-0.4, -0.2) is 50.8 Å². The number of rotatable bonds is 7. The van der Waals surface area contributed by atoms with Gasteiger partial charge in [0.1, 0.15) is 6.04 Å². The summed E-state index contributed by atoms with van der Waals surface area (Å²) in [6, 6.07) is -0.628. The lowest BCUT2D eigenvalue weighted by atomic mass is 10.2. The lowest BCUT2D eigenvalue weighted by molar-refractivity contribution is -0.144. The molecule has 0 aliphatic carbocycles. The maximum absolute atomic E-state index is 11.4. The zero-order valence-corrected chi connectivity index (χ0v) is 11.0. The molecule has 18 heavy (non-hydrogen) atoms. The smallest absolute Gasteiger partial charge is 0.329 e. The van der Waals surface area contributed by atoms with E-state index in [4.69, 9.17) is 4.74 Å². The van der Waals surface area contributed by atoms with E-state index in [1.165, 1.54) is 14.0 Å². The average molecular weight is 258 g/mol. The van der Waals surface area contributed by atoms with E-state index in [-0.39, 0.29) is 5.91 Å². The summed E-state index contributed by atoms with van der Waals surface area (Å²) >= 11 is 0. The monoisotopic (exact) mass is 258 g/mol. The van der Waals surface area contributed by atoms with E-state index in [9.17, 15) is 9.59 Å². The topological polar surface area (TPSA) is 76.7 Å². The molecular weight excluding hydrogens is 236 g/mol. The Morgan fingerprint density at radius 2 is 2.28 bits per heavy atom. The van der Waals surface area contributed by atoms with Crippen LogP contribution in [-0.2, 0) is 19.1 Å². The molecule has 1 fully saturated rings. The highest BCUT2D eigenvalue weighted by Gasteiger charge is 2.20. The molecular formula is C12H22N2O4. The minimum atomic E-state index is -0.628. The molecule has 0 aromatic heterocycles. The van der Waals surface area contributed by atoms with Crippen molar-refractivity contribution in [3.05, 3.63) is 0 Å². The van der Waals surface area contributed by atoms with Crippen molar-refractivity contribution < 1.29 is 19.1 Å². The highest BCUT2D eigenvalue weighted by molar-refractivity contribution is 5.83. The molecule has 1 aliphatic heterocycles. The molecule has 6 nitrogen and oxygen atoms in total. The van der Waals surface area contributed by atoms with Gasteiger partial charge in [-0.25, -0.2) is 4.79 Å². The minimum absolute atomic E-state index is 0.244. The van der Waals surface area contributed by atoms with E-state index in [0.717, 1.165) is 32.4 Å². The van der Waals surface area contributed by atoms with Gasteiger partial charge in [0, 0.05) is 20.1 Å². The van der Waals surface area contributed by atoms with Crippen LogP contribution in [0.1, 0.15) is 26.2 Å². The molecule has 104 valence electrons. The second-order valence-electron chi connectivity index (χ2n) is 4.40. The Bertz CT molecular complexity index is 277. The molecule has 0 saturated carbocycles. The normalized spacial score (nSPS) is 20.4. The number of ether oxygens (including phenoxy) is 2. The van der Waals surface area contributed by atoms with Gasteiger partial charge in [-0.05, 0) is 25.8 Å². The van der Waals surface area contributed by atoms with Gasteiger partial charge < -0.3 is 20.1 Å². The number of carbonyl (C=O) groups is 2. The third-order valence-electron chi connectivity index (χ3n) is 2.88. The maximum atomic E-state index is 11.4. The number of hydrogen-bond acceptors (Lipinski definition) is 5. The van der Waals surface area contributed by atoms with Crippen molar-refractivity contribution in [2.45, 2.75) is 38.3 Å². The zero-order chi connectivity index (χ0) is 13.4. The Hall–Kier alpha value is -1.14. The van der Waals surface area contributed by atoms with Crippen LogP contribution in [0.15, 0.2) is 0 Å². The van der Waals surface area contributed by atoms with Crippen molar-refractivity contribution in [3.8, 4) is 0 Å². The van der Waals surface area contributed by atoms with Gasteiger partial charge in [-0.1, -0.05) is 0 Å². The van der Waals surface area contributed by atoms with Gasteiger partial charge in [0.05, 0.1) is 13.2 Å². The summed E-state index contributed by atoms with van der Waals surface area (Å²) in [4.78, 5) is 22.3. The molecule has 1 rings (SSSR count). The van der Waals surface area contributed by atoms with Crippen molar-refractivity contribution in [3.63, 3.8) is 0 Å². The third-order valence-corrected chi connectivity index (χ3v) is 2.88. The van der Waals surface area contributed by atoms with E-state index in [1.54, 1.807) is 0 Å². The van der Waals surface area contributed by atoms with Crippen LogP contribution in [0.4, 0.5) is 0 Å². The fourth-order valence-corrected chi connectivity index (χ4v) is 1.96. The van der Waals surface area contributed by atoms with E-state index in [1.807, 2.05) is 0 Å². The van der Waals surface area contributed by atoms with Gasteiger partial charge in [0.25, 0.3) is 0 Å². The van der Waals surface area contributed by atoms with Crippen LogP contribution in [0.25, 0.3) is 0 Å². The van der Waals surface area contributed by atoms with Gasteiger partial charge in [-0.3, -0.25) is 4.79 Å². The number of nitrogens with one attached hydrogen (secondary N) is 2. The Morgan fingerprint density at radius 1 is 1.50 bits per heavy atom. The molecule has 0 bridgehead atoms. The molecule has 1 saturated heterocycles. The van der Waals surface area contributed by atoms with Crippen LogP contribution < -0.4 is 10.6 Å². The first-order chi connectivity index (χ1) is 8.63. The Labute approximate surface area is 107 Å². The number of carbonyl (C=O) groups excluding carboxylic acids is 2. The zero-order valence-electron chi connectivity index (χ0n) is 11.0. The summed E-state index contributed by atoms with van der Waals surface area (Å²) < 4.78 is 10.1. The maximum Gasteiger partial charge on any atom is 0.329 e. The largest absolute Gasteiger partial charge is 0.467 e. The predicted octanol–water partition coefficient (Wildman–Crippen LogP) is -0.177. The lowest BCUT2D eigenvalue weighted by Gasteiger charge is -2.16. The fraction of sp³-hybridized carbons (Fsp3) is 0.833. The molecule has 0 radical (unpaired) electrons. The number of esters is 1. The average Bonchev–Trinajstić information content (AvgIpc) is 2.84. The van der Waals surface area contributed by atoms with Crippen molar-refractivity contribution in [2.24, 2.45) is 0 Å². The molecule has 1 heterocycles. The molecule has 2 N–H and O–H groups in total. The molecule has 0 spiro atoms. The van der Waals surface area contributed by atoms with E-state index in [0.29, 0.717) is 12.6 Å². The second kappa shape index (κ2) is 8.05. The Balaban J connectivity index is 2.19. The van der Waals surface area contributed by atoms with Crippen LogP contribution in [0.3, 0.4) is 0 Å². The standard InChI is InChI=1S/C12H22N2O4/c1-9(15)14-11(12(16)17-2)8-13-6-5-10-4-3-7-18-10/h10-11,13H,3-8H2,1-2H3,(H,14,15). The van der Waals surface area contributed by atoms with Gasteiger partial charge in [-0.15, -0.1) is 0 Å². The van der Waals surface area contributed by atoms with E-state index >= 15 is 0 Å². The van der Waals surface area contributed by atoms with Crippen molar-refractivity contribution >= 4 is 11.9 Å². The minimum Gasteiger partial charge on any atom is -0.467 e. The molecule has 2 atom stereocenters. The fourth-order valence-electron chi connectivity index (χ4n) is 1.96. The van der Waals surface area contributed by atoms with Crippen LogP contribution in [0.2, 0.25) is 0 Å². The SMILES string of the molecule is COC(=O)C(CNCCC1CCCO1)NC(C)=O. The summed E-state index contributed by atoms with van der Waals surface area (Å²) in [6.07, 6.45) is 3.48. The summed E-state index contributed by atoms with van der Waals surface area (Å²) in [5, 5.41) is 5.69. The lowest BCUT2D eigenvalue weighted by Crippen LogP contribution is -2.47. The van der Waals surface area contributed by atoms with Crippen molar-refractivity contribution in [2.75, 3.05) is 26.8 Å². The Morgan fingerprint density at radius 3 is 2.83 bits per heavy atom. The first kappa shape index (κ1) is 14.9. The summed E-state index contributed by atoms with van der Waals surface area (Å²) in [7, 11) is 1.31. The van der Waals surface area contributed by atoms with Gasteiger partial charge in [-0.2, -0.15) is 0 Å². The first-order valence-electron chi connectivity index (χ1n) is 6.30. The highest BCUT2D eigenvalue weighted by Crippen LogP contribution is 2.14. The number of hydrogen-bond donors (Lipinski definition) is 2. The molecule has 0 aromatic rings. The van der Waals surface area contributed by atoms with Crippen LogP contribution in [0.5, 0.6) is 0 Å². The second-order valence-corrected chi connectivity index (χ2v) is 4.40. The van der Waals surface area contributed by atoms with E-state index in [2.05, 4.69) is 15.4 Å². The summed E-state index contributed by atoms with van der Waals surface area (Å²) in [5.41, 5.74) is 0. The quantitative estimate of drug-likeness (QED) is 0.489. The third kappa shape index (κ3) is 5.46. The Kier molecular flexibility index (Phi) is 6.67. The highest BCUT2D eigenvalue weighted by atomic mass is 16.5. The number of methoxy groups -OCH3 is 1. The predicted molar refractivity (Wildman–Crippen MR) is 66.1 cm³/mol. The van der Waals surface area contributed by atoms with Gasteiger partial charge in [0.15, 0.2) is 0 Å². The molecule has 0 aromatic carbocycles. The van der Waals surface area contributed by atoms with Crippen molar-refractivity contribution in [1.82, 2.24) is 10.6 Å². The molecule has 1 amide bonds. The molecule has 6 heteroatoms. The van der Waals surface area contributed by atoms with Gasteiger partial charge >= 0.3 is 5.97 Å².